The Balaban J connectivity index is 2.88. The van der Waals surface area contributed by atoms with Gasteiger partial charge in [-0.15, -0.1) is 0 Å². The summed E-state index contributed by atoms with van der Waals surface area (Å²) in [5, 5.41) is 9.22. The molecule has 1 unspecified atom stereocenters. The Bertz CT molecular complexity index is 286. The van der Waals surface area contributed by atoms with Crippen LogP contribution < -0.4 is 4.74 Å². The molecule has 1 atom stereocenters. The number of hydrogen-bond acceptors (Lipinski definition) is 3. The molecule has 0 bridgehead atoms. The van der Waals surface area contributed by atoms with Crippen molar-refractivity contribution in [3.8, 4) is 5.75 Å². The average Bonchev–Trinajstić information content (AvgIpc) is 2.27. The van der Waals surface area contributed by atoms with Crippen LogP contribution in [0.3, 0.4) is 0 Å². The van der Waals surface area contributed by atoms with Gasteiger partial charge < -0.3 is 14.6 Å². The molecule has 3 nitrogen and oxygen atoms in total. The van der Waals surface area contributed by atoms with Crippen LogP contribution in [0.2, 0.25) is 0 Å². The van der Waals surface area contributed by atoms with Gasteiger partial charge in [-0.3, -0.25) is 0 Å². The van der Waals surface area contributed by atoms with Crippen molar-refractivity contribution in [2.24, 2.45) is 0 Å². The molecule has 0 heterocycles. The number of ether oxygens (including phenoxy) is 2. The average molecular weight is 210 g/mol. The molecule has 0 amide bonds. The molecule has 3 heteroatoms. The van der Waals surface area contributed by atoms with Gasteiger partial charge in [-0.2, -0.15) is 0 Å². The second kappa shape index (κ2) is 6.43. The van der Waals surface area contributed by atoms with Crippen molar-refractivity contribution in [3.05, 3.63) is 29.8 Å². The first-order chi connectivity index (χ1) is 7.33. The van der Waals surface area contributed by atoms with Gasteiger partial charge in [0.25, 0.3) is 0 Å². The lowest BCUT2D eigenvalue weighted by atomic mass is 10.1. The molecule has 0 fully saturated rings. The van der Waals surface area contributed by atoms with E-state index in [-0.39, 0.29) is 12.7 Å². The molecule has 1 aromatic carbocycles. The zero-order valence-corrected chi connectivity index (χ0v) is 9.27. The number of hydrogen-bond donors (Lipinski definition) is 1. The van der Waals surface area contributed by atoms with Crippen LogP contribution in [0.15, 0.2) is 24.3 Å². The lowest BCUT2D eigenvalue weighted by Crippen LogP contribution is -2.10. The van der Waals surface area contributed by atoms with Gasteiger partial charge >= 0.3 is 0 Å². The Morgan fingerprint density at radius 1 is 1.20 bits per heavy atom. The first kappa shape index (κ1) is 12.0. The number of benzene rings is 1. The Hall–Kier alpha value is -1.06. The summed E-state index contributed by atoms with van der Waals surface area (Å²) in [5.41, 5.74) is 0.906. The van der Waals surface area contributed by atoms with Crippen molar-refractivity contribution in [2.75, 3.05) is 19.8 Å². The molecule has 84 valence electrons. The molecule has 1 rings (SSSR count). The standard InChI is InChI=1S/C12H18O3/c1-3-14-11-8-6-5-7-10(11)12(9-13)15-4-2/h5-8,12-13H,3-4,9H2,1-2H3. The lowest BCUT2D eigenvalue weighted by molar-refractivity contribution is 0.0173. The van der Waals surface area contributed by atoms with Gasteiger partial charge in [-0.1, -0.05) is 18.2 Å². The molecule has 0 aliphatic heterocycles. The molecule has 0 aromatic heterocycles. The third-order valence-corrected chi connectivity index (χ3v) is 2.10. The molecule has 1 aromatic rings. The molecule has 0 aliphatic carbocycles. The first-order valence-electron chi connectivity index (χ1n) is 5.27. The highest BCUT2D eigenvalue weighted by Gasteiger charge is 2.14. The highest BCUT2D eigenvalue weighted by molar-refractivity contribution is 5.35. The van der Waals surface area contributed by atoms with Crippen LogP contribution in [0.5, 0.6) is 5.75 Å². The van der Waals surface area contributed by atoms with Crippen LogP contribution in [0.1, 0.15) is 25.5 Å². The summed E-state index contributed by atoms with van der Waals surface area (Å²) in [6.07, 6.45) is -0.294. The van der Waals surface area contributed by atoms with E-state index in [9.17, 15) is 5.11 Å². The maximum atomic E-state index is 9.22. The van der Waals surface area contributed by atoms with E-state index in [4.69, 9.17) is 9.47 Å². The zero-order valence-electron chi connectivity index (χ0n) is 9.27. The summed E-state index contributed by atoms with van der Waals surface area (Å²) in [5.74, 6) is 0.785. The van der Waals surface area contributed by atoms with Crippen LogP contribution in [0.25, 0.3) is 0 Å². The van der Waals surface area contributed by atoms with Crippen molar-refractivity contribution in [3.63, 3.8) is 0 Å². The van der Waals surface area contributed by atoms with Crippen molar-refractivity contribution >= 4 is 0 Å². The second-order valence-corrected chi connectivity index (χ2v) is 3.10. The molecule has 1 N–H and O–H groups in total. The van der Waals surface area contributed by atoms with E-state index in [1.807, 2.05) is 38.1 Å². The Kier molecular flexibility index (Phi) is 5.15. The van der Waals surface area contributed by atoms with Crippen molar-refractivity contribution in [1.29, 1.82) is 0 Å². The summed E-state index contributed by atoms with van der Waals surface area (Å²) >= 11 is 0. The summed E-state index contributed by atoms with van der Waals surface area (Å²) in [6.45, 7) is 5.00. The summed E-state index contributed by atoms with van der Waals surface area (Å²) in [6, 6.07) is 7.64. The van der Waals surface area contributed by atoms with Crippen molar-refractivity contribution in [2.45, 2.75) is 20.0 Å². The van der Waals surface area contributed by atoms with E-state index in [1.54, 1.807) is 0 Å². The van der Waals surface area contributed by atoms with Crippen LogP contribution in [0, 0.1) is 0 Å². The molecule has 0 aliphatic rings. The third kappa shape index (κ3) is 3.22. The lowest BCUT2D eigenvalue weighted by Gasteiger charge is -2.18. The second-order valence-electron chi connectivity index (χ2n) is 3.10. The van der Waals surface area contributed by atoms with Gasteiger partial charge in [-0.05, 0) is 19.9 Å². The third-order valence-electron chi connectivity index (χ3n) is 2.10. The van der Waals surface area contributed by atoms with E-state index >= 15 is 0 Å². The summed E-state index contributed by atoms with van der Waals surface area (Å²) in [4.78, 5) is 0. The summed E-state index contributed by atoms with van der Waals surface area (Å²) < 4.78 is 10.9. The highest BCUT2D eigenvalue weighted by Crippen LogP contribution is 2.27. The number of aliphatic hydroxyl groups is 1. The maximum Gasteiger partial charge on any atom is 0.125 e. The van der Waals surface area contributed by atoms with Gasteiger partial charge in [0.1, 0.15) is 11.9 Å². The number of rotatable bonds is 6. The predicted octanol–water partition coefficient (Wildman–Crippen LogP) is 2.16. The van der Waals surface area contributed by atoms with E-state index in [1.165, 1.54) is 0 Å². The smallest absolute Gasteiger partial charge is 0.125 e. The van der Waals surface area contributed by atoms with Crippen molar-refractivity contribution < 1.29 is 14.6 Å². The summed E-state index contributed by atoms with van der Waals surface area (Å²) in [7, 11) is 0. The van der Waals surface area contributed by atoms with Gasteiger partial charge in [0, 0.05) is 12.2 Å². The van der Waals surface area contributed by atoms with Gasteiger partial charge in [0.15, 0.2) is 0 Å². The minimum atomic E-state index is -0.294. The molecule has 0 radical (unpaired) electrons. The molecule has 0 spiro atoms. The normalized spacial score (nSPS) is 12.5. The molecular weight excluding hydrogens is 192 g/mol. The van der Waals surface area contributed by atoms with Crippen LogP contribution in [-0.2, 0) is 4.74 Å². The highest BCUT2D eigenvalue weighted by atomic mass is 16.5. The largest absolute Gasteiger partial charge is 0.493 e. The fourth-order valence-electron chi connectivity index (χ4n) is 1.48. The predicted molar refractivity (Wildman–Crippen MR) is 59.1 cm³/mol. The molecular formula is C12H18O3. The Labute approximate surface area is 90.6 Å². The van der Waals surface area contributed by atoms with E-state index in [2.05, 4.69) is 0 Å². The molecule has 0 saturated carbocycles. The maximum absolute atomic E-state index is 9.22. The van der Waals surface area contributed by atoms with Crippen molar-refractivity contribution in [1.82, 2.24) is 0 Å². The van der Waals surface area contributed by atoms with Crippen LogP contribution >= 0.6 is 0 Å². The van der Waals surface area contributed by atoms with Gasteiger partial charge in [0.2, 0.25) is 0 Å². The Morgan fingerprint density at radius 3 is 2.53 bits per heavy atom. The zero-order chi connectivity index (χ0) is 11.1. The topological polar surface area (TPSA) is 38.7 Å². The van der Waals surface area contributed by atoms with Crippen LogP contribution in [0.4, 0.5) is 0 Å². The van der Waals surface area contributed by atoms with Crippen LogP contribution in [-0.4, -0.2) is 24.9 Å². The molecule has 0 saturated heterocycles. The van der Waals surface area contributed by atoms with Gasteiger partial charge in [-0.25, -0.2) is 0 Å². The number of para-hydroxylation sites is 1. The fraction of sp³-hybridized carbons (Fsp3) is 0.500. The number of aliphatic hydroxyl groups excluding tert-OH is 1. The SMILES string of the molecule is CCOc1ccccc1C(CO)OCC. The van der Waals surface area contributed by atoms with E-state index in [0.29, 0.717) is 13.2 Å². The minimum absolute atomic E-state index is 0.0298. The molecule has 15 heavy (non-hydrogen) atoms. The Morgan fingerprint density at radius 2 is 1.93 bits per heavy atom. The first-order valence-corrected chi connectivity index (χ1v) is 5.27. The van der Waals surface area contributed by atoms with E-state index < -0.39 is 0 Å². The van der Waals surface area contributed by atoms with Gasteiger partial charge in [0.05, 0.1) is 13.2 Å². The fourth-order valence-corrected chi connectivity index (χ4v) is 1.48. The minimum Gasteiger partial charge on any atom is -0.493 e. The quantitative estimate of drug-likeness (QED) is 0.782. The van der Waals surface area contributed by atoms with E-state index in [0.717, 1.165) is 11.3 Å². The monoisotopic (exact) mass is 210 g/mol.